The first-order chi connectivity index (χ1) is 8.08. The molecule has 0 aliphatic heterocycles. The average Bonchev–Trinajstić information content (AvgIpc) is 2.96. The van der Waals surface area contributed by atoms with Crippen molar-refractivity contribution in [2.75, 3.05) is 0 Å². The fraction of sp³-hybridized carbons (Fsp3) is 0.583. The van der Waals surface area contributed by atoms with Gasteiger partial charge in [0.15, 0.2) is 0 Å². The van der Waals surface area contributed by atoms with Crippen molar-refractivity contribution in [3.8, 4) is 0 Å². The Balaban J connectivity index is 2.52. The van der Waals surface area contributed by atoms with Crippen LogP contribution in [0.1, 0.15) is 37.8 Å². The zero-order chi connectivity index (χ0) is 13.8. The van der Waals surface area contributed by atoms with E-state index in [-0.39, 0.29) is 5.15 Å². The summed E-state index contributed by atoms with van der Waals surface area (Å²) in [7, 11) is 0. The van der Waals surface area contributed by atoms with Crippen molar-refractivity contribution in [3.05, 3.63) is 28.5 Å². The third kappa shape index (κ3) is 2.10. The average molecular weight is 279 g/mol. The molecule has 0 radical (unpaired) electrons. The monoisotopic (exact) mass is 278 g/mol. The van der Waals surface area contributed by atoms with E-state index in [1.54, 1.807) is 13.8 Å². The first kappa shape index (κ1) is 13.6. The third-order valence-corrected chi connectivity index (χ3v) is 3.97. The highest BCUT2D eigenvalue weighted by molar-refractivity contribution is 6.30. The molecule has 6 heteroatoms. The molecule has 1 aromatic heterocycles. The van der Waals surface area contributed by atoms with E-state index in [0.717, 1.165) is 25.1 Å². The van der Waals surface area contributed by atoms with Crippen LogP contribution in [0.3, 0.4) is 0 Å². The lowest BCUT2D eigenvalue weighted by atomic mass is 9.79. The lowest BCUT2D eigenvalue weighted by Crippen LogP contribution is -2.45. The Bertz CT molecular complexity index is 473. The van der Waals surface area contributed by atoms with Crippen molar-refractivity contribution in [3.63, 3.8) is 0 Å². The standard InChI is InChI=1S/C12H14ClF3N2/c1-10(2,17)11(3-4-11)8-5-7(12(14,15)16)6-18-9(8)13/h5-6H,3-4,17H2,1-2H3. The normalized spacial score (nSPS) is 18.8. The number of halogens is 4. The molecule has 0 spiro atoms. The second-order valence-electron chi connectivity index (χ2n) is 5.36. The van der Waals surface area contributed by atoms with Gasteiger partial charge in [0, 0.05) is 17.2 Å². The number of rotatable bonds is 2. The number of aromatic nitrogens is 1. The molecule has 0 saturated heterocycles. The number of pyridine rings is 1. The third-order valence-electron chi connectivity index (χ3n) is 3.67. The molecule has 0 amide bonds. The molecule has 0 bridgehead atoms. The minimum atomic E-state index is -4.42. The fourth-order valence-corrected chi connectivity index (χ4v) is 2.61. The van der Waals surface area contributed by atoms with E-state index >= 15 is 0 Å². The number of nitrogens with two attached hydrogens (primary N) is 1. The maximum absolute atomic E-state index is 12.7. The van der Waals surface area contributed by atoms with Gasteiger partial charge < -0.3 is 5.73 Å². The van der Waals surface area contributed by atoms with Gasteiger partial charge in [0.1, 0.15) is 5.15 Å². The van der Waals surface area contributed by atoms with E-state index in [0.29, 0.717) is 5.56 Å². The van der Waals surface area contributed by atoms with Gasteiger partial charge in [0.05, 0.1) is 5.56 Å². The first-order valence-electron chi connectivity index (χ1n) is 5.60. The SMILES string of the molecule is CC(C)(N)C1(c2cc(C(F)(F)F)cnc2Cl)CC1. The number of alkyl halides is 3. The minimum Gasteiger partial charge on any atom is -0.325 e. The van der Waals surface area contributed by atoms with Gasteiger partial charge in [-0.25, -0.2) is 4.98 Å². The summed E-state index contributed by atoms with van der Waals surface area (Å²) in [5.41, 5.74) is 4.59. The molecule has 0 atom stereocenters. The molecule has 1 saturated carbocycles. The summed E-state index contributed by atoms with van der Waals surface area (Å²) in [5.74, 6) is 0. The van der Waals surface area contributed by atoms with Gasteiger partial charge in [-0.1, -0.05) is 11.6 Å². The molecule has 1 aromatic rings. The van der Waals surface area contributed by atoms with E-state index in [9.17, 15) is 13.2 Å². The van der Waals surface area contributed by atoms with Crippen LogP contribution in [0.15, 0.2) is 12.3 Å². The van der Waals surface area contributed by atoms with Gasteiger partial charge in [0.25, 0.3) is 0 Å². The van der Waals surface area contributed by atoms with Crippen LogP contribution < -0.4 is 5.73 Å². The van der Waals surface area contributed by atoms with Crippen LogP contribution in [-0.4, -0.2) is 10.5 Å². The molecule has 0 aromatic carbocycles. The maximum Gasteiger partial charge on any atom is 0.417 e. The van der Waals surface area contributed by atoms with Gasteiger partial charge >= 0.3 is 6.18 Å². The lowest BCUT2D eigenvalue weighted by Gasteiger charge is -2.32. The van der Waals surface area contributed by atoms with Gasteiger partial charge in [-0.15, -0.1) is 0 Å². The molecule has 1 aliphatic rings. The quantitative estimate of drug-likeness (QED) is 0.841. The van der Waals surface area contributed by atoms with E-state index < -0.39 is 22.7 Å². The van der Waals surface area contributed by atoms with Crippen molar-refractivity contribution in [1.82, 2.24) is 4.98 Å². The summed E-state index contributed by atoms with van der Waals surface area (Å²) >= 11 is 5.94. The first-order valence-corrected chi connectivity index (χ1v) is 5.98. The van der Waals surface area contributed by atoms with E-state index in [1.165, 1.54) is 0 Å². The van der Waals surface area contributed by atoms with Crippen molar-refractivity contribution in [2.24, 2.45) is 5.73 Å². The summed E-state index contributed by atoms with van der Waals surface area (Å²) in [6.45, 7) is 3.60. The predicted molar refractivity (Wildman–Crippen MR) is 63.4 cm³/mol. The molecule has 0 unspecified atom stereocenters. The highest BCUT2D eigenvalue weighted by atomic mass is 35.5. The molecule has 1 fully saturated rings. The van der Waals surface area contributed by atoms with Gasteiger partial charge in [-0.05, 0) is 38.3 Å². The predicted octanol–water partition coefficient (Wildman–Crippen LogP) is 3.52. The van der Waals surface area contributed by atoms with Gasteiger partial charge in [0.2, 0.25) is 0 Å². The summed E-state index contributed by atoms with van der Waals surface area (Å²) in [6.07, 6.45) is -2.19. The molecule has 2 rings (SSSR count). The van der Waals surface area contributed by atoms with Crippen molar-refractivity contribution in [1.29, 1.82) is 0 Å². The van der Waals surface area contributed by atoms with Gasteiger partial charge in [-0.2, -0.15) is 13.2 Å². The summed E-state index contributed by atoms with van der Waals surface area (Å²) in [6, 6.07) is 1.08. The highest BCUT2D eigenvalue weighted by Crippen LogP contribution is 2.56. The van der Waals surface area contributed by atoms with Crippen LogP contribution in [0.5, 0.6) is 0 Å². The summed E-state index contributed by atoms with van der Waals surface area (Å²) in [5, 5.41) is 0.110. The smallest absolute Gasteiger partial charge is 0.325 e. The summed E-state index contributed by atoms with van der Waals surface area (Å²) < 4.78 is 38.1. The Morgan fingerprint density at radius 2 is 1.89 bits per heavy atom. The van der Waals surface area contributed by atoms with E-state index in [1.807, 2.05) is 0 Å². The van der Waals surface area contributed by atoms with Crippen LogP contribution in [0.2, 0.25) is 5.15 Å². The topological polar surface area (TPSA) is 38.9 Å². The van der Waals surface area contributed by atoms with Crippen molar-refractivity contribution >= 4 is 11.6 Å². The highest BCUT2D eigenvalue weighted by Gasteiger charge is 2.55. The van der Waals surface area contributed by atoms with Crippen LogP contribution >= 0.6 is 11.6 Å². The zero-order valence-corrected chi connectivity index (χ0v) is 10.9. The van der Waals surface area contributed by atoms with Crippen LogP contribution in [0, 0.1) is 0 Å². The molecule has 100 valence electrons. The molecular weight excluding hydrogens is 265 g/mol. The fourth-order valence-electron chi connectivity index (χ4n) is 2.32. The number of hydrogen-bond donors (Lipinski definition) is 1. The molecule has 18 heavy (non-hydrogen) atoms. The molecule has 1 aliphatic carbocycles. The van der Waals surface area contributed by atoms with Crippen LogP contribution in [0.25, 0.3) is 0 Å². The molecule has 2 nitrogen and oxygen atoms in total. The molecule has 1 heterocycles. The Hall–Kier alpha value is -0.810. The lowest BCUT2D eigenvalue weighted by molar-refractivity contribution is -0.137. The molecule has 2 N–H and O–H groups in total. The van der Waals surface area contributed by atoms with Crippen molar-refractivity contribution in [2.45, 2.75) is 43.8 Å². The van der Waals surface area contributed by atoms with E-state index in [2.05, 4.69) is 4.98 Å². The van der Waals surface area contributed by atoms with Crippen LogP contribution in [-0.2, 0) is 11.6 Å². The van der Waals surface area contributed by atoms with Gasteiger partial charge in [-0.3, -0.25) is 0 Å². The summed E-state index contributed by atoms with van der Waals surface area (Å²) in [4.78, 5) is 3.66. The molecular formula is C12H14ClF3N2. The Morgan fingerprint density at radius 1 is 1.33 bits per heavy atom. The Kier molecular flexibility index (Phi) is 2.91. The zero-order valence-electron chi connectivity index (χ0n) is 10.1. The van der Waals surface area contributed by atoms with E-state index in [4.69, 9.17) is 17.3 Å². The Labute approximate surface area is 108 Å². The maximum atomic E-state index is 12.7. The second-order valence-corrected chi connectivity index (χ2v) is 5.72. The Morgan fingerprint density at radius 3 is 2.28 bits per heavy atom. The number of hydrogen-bond acceptors (Lipinski definition) is 2. The minimum absolute atomic E-state index is 0.110. The number of nitrogens with zero attached hydrogens (tertiary/aromatic N) is 1. The largest absolute Gasteiger partial charge is 0.417 e. The van der Waals surface area contributed by atoms with Crippen molar-refractivity contribution < 1.29 is 13.2 Å². The second kappa shape index (κ2) is 3.84. The van der Waals surface area contributed by atoms with Crippen LogP contribution in [0.4, 0.5) is 13.2 Å².